The first-order chi connectivity index (χ1) is 32.7. The third kappa shape index (κ3) is 23.4. The van der Waals surface area contributed by atoms with E-state index < -0.39 is 10.2 Å². The Labute approximate surface area is 437 Å². The molecule has 13 heteroatoms. The number of nitriles is 2. The maximum Gasteiger partial charge on any atom is 1.00 e. The Morgan fingerprint density at radius 1 is 0.290 bits per heavy atom. The molecule has 0 N–H and O–H groups in total. The van der Waals surface area contributed by atoms with Crippen molar-refractivity contribution in [3.63, 3.8) is 0 Å². The van der Waals surface area contributed by atoms with Crippen molar-refractivity contribution in [1.82, 2.24) is 0 Å². The van der Waals surface area contributed by atoms with Crippen molar-refractivity contribution in [3.05, 3.63) is 243 Å². The van der Waals surface area contributed by atoms with E-state index in [1.54, 1.807) is 12.1 Å². The van der Waals surface area contributed by atoms with Gasteiger partial charge < -0.3 is 0 Å². The quantitative estimate of drug-likeness (QED) is 0.0868. The minimum atomic E-state index is -4.94. The van der Waals surface area contributed by atoms with Gasteiger partial charge in [-0.2, -0.15) is 10.5 Å². The fraction of sp³-hybridized carbons (Fsp3) is 0.107. The SMILES string of the molecule is CC#N.CC#N.[Cu+].[Cu+].[O-][Cl+3]([O-])([O-])[O-].c1ccc(P(CCP(c2ccccc2)c2ccccc2)c2ccccc2)cc1.c1ccc(P(CCP(c2ccccc2)c2ccccc2)c2ccccc2)cc1. The van der Waals surface area contributed by atoms with Crippen LogP contribution in [0.1, 0.15) is 13.8 Å². The van der Waals surface area contributed by atoms with E-state index in [1.807, 2.05) is 0 Å². The molecule has 360 valence electrons. The molecule has 0 fully saturated rings. The number of hydrogen-bond acceptors (Lipinski definition) is 6. The second-order valence-electron chi connectivity index (χ2n) is 14.1. The molecule has 0 saturated heterocycles. The molecule has 8 aromatic carbocycles. The van der Waals surface area contributed by atoms with Crippen LogP contribution >= 0.6 is 31.7 Å². The van der Waals surface area contributed by atoms with E-state index in [0.29, 0.717) is 0 Å². The average molecular weight is 1110 g/mol. The molecular formula is C56H54ClCu2N2O4P4+. The van der Waals surface area contributed by atoms with Crippen molar-refractivity contribution in [3.8, 4) is 12.1 Å². The summed E-state index contributed by atoms with van der Waals surface area (Å²) in [6, 6.07) is 91.9. The summed E-state index contributed by atoms with van der Waals surface area (Å²) in [6.45, 7) is 2.86. The Balaban J connectivity index is 0.000000382. The van der Waals surface area contributed by atoms with Gasteiger partial charge in [0.25, 0.3) is 0 Å². The molecule has 69 heavy (non-hydrogen) atoms. The van der Waals surface area contributed by atoms with Crippen molar-refractivity contribution >= 4 is 74.1 Å². The van der Waals surface area contributed by atoms with E-state index >= 15 is 0 Å². The van der Waals surface area contributed by atoms with Crippen LogP contribution in [-0.2, 0) is 34.1 Å². The van der Waals surface area contributed by atoms with Gasteiger partial charge in [-0.15, -0.1) is 10.2 Å². The van der Waals surface area contributed by atoms with Crippen molar-refractivity contribution in [2.75, 3.05) is 24.6 Å². The van der Waals surface area contributed by atoms with E-state index in [9.17, 15) is 0 Å². The van der Waals surface area contributed by atoms with Gasteiger partial charge in [-0.25, -0.2) is 18.6 Å². The van der Waals surface area contributed by atoms with E-state index in [4.69, 9.17) is 29.2 Å². The van der Waals surface area contributed by atoms with Gasteiger partial charge >= 0.3 is 34.1 Å². The molecule has 6 nitrogen and oxygen atoms in total. The predicted molar refractivity (Wildman–Crippen MR) is 278 cm³/mol. The molecule has 0 saturated carbocycles. The summed E-state index contributed by atoms with van der Waals surface area (Å²) in [4.78, 5) is 0. The minimum Gasteiger partial charge on any atom is -0.222 e. The summed E-state index contributed by atoms with van der Waals surface area (Å²) < 4.78 is 34.0. The largest absolute Gasteiger partial charge is 1.00 e. The maximum atomic E-state index is 8.49. The standard InChI is InChI=1S/2C26H24P2.2C2H3N.ClHO4.2Cu/c2*1-5-13-23(14-6-1)27(24-15-7-2-8-16-24)21-22-28(25-17-9-3-10-18-25)26-19-11-4-12-20-26;2*1-2-3;2-1(3,4)5;;/h2*1-20H,21-22H2;2*1H3;(H,2,3,4,5);;/q;;;;;2*+1/p-1. The topological polar surface area (TPSA) is 140 Å². The zero-order chi connectivity index (χ0) is 48.0. The zero-order valence-electron chi connectivity index (χ0n) is 38.2. The number of halogens is 1. The molecule has 0 heterocycles. The first-order valence-corrected chi connectivity index (χ1v) is 28.7. The van der Waals surface area contributed by atoms with Crippen LogP contribution in [0.4, 0.5) is 0 Å². The Morgan fingerprint density at radius 3 is 0.464 bits per heavy atom. The Hall–Kier alpha value is -4.37. The third-order valence-electron chi connectivity index (χ3n) is 9.64. The molecule has 0 spiro atoms. The molecule has 0 atom stereocenters. The number of benzene rings is 8. The molecule has 0 aliphatic carbocycles. The summed E-state index contributed by atoms with van der Waals surface area (Å²) in [6.07, 6.45) is 4.83. The first kappa shape index (κ1) is 60.7. The summed E-state index contributed by atoms with van der Waals surface area (Å²) in [5.41, 5.74) is 0. The Kier molecular flexibility index (Phi) is 31.4. The smallest absolute Gasteiger partial charge is 0.222 e. The van der Waals surface area contributed by atoms with E-state index in [2.05, 4.69) is 243 Å². The van der Waals surface area contributed by atoms with Crippen LogP contribution in [-0.4, -0.2) is 24.6 Å². The predicted octanol–water partition coefficient (Wildman–Crippen LogP) is 6.80. The van der Waals surface area contributed by atoms with Gasteiger partial charge in [0.2, 0.25) is 0 Å². The summed E-state index contributed by atoms with van der Waals surface area (Å²) in [5.74, 6) is 0. The molecule has 8 aromatic rings. The van der Waals surface area contributed by atoms with Crippen LogP contribution in [0.2, 0.25) is 0 Å². The Bertz CT molecular complexity index is 2080. The normalized spacial score (nSPS) is 10.1. The van der Waals surface area contributed by atoms with Crippen LogP contribution in [0.15, 0.2) is 243 Å². The van der Waals surface area contributed by atoms with Gasteiger partial charge in [-0.05, 0) is 98.8 Å². The minimum absolute atomic E-state index is 0. The van der Waals surface area contributed by atoms with Gasteiger partial charge in [0.15, 0.2) is 0 Å². The summed E-state index contributed by atoms with van der Waals surface area (Å²) in [7, 11) is -6.34. The monoisotopic (exact) mass is 1100 g/mol. The molecule has 8 rings (SSSR count). The second kappa shape index (κ2) is 35.7. The van der Waals surface area contributed by atoms with Crippen LogP contribution in [0, 0.1) is 32.9 Å². The molecule has 0 radical (unpaired) electrons. The number of rotatable bonds is 14. The van der Waals surface area contributed by atoms with Crippen LogP contribution < -0.4 is 61.1 Å². The second-order valence-corrected chi connectivity index (χ2v) is 24.2. The molecule has 0 bridgehead atoms. The summed E-state index contributed by atoms with van der Waals surface area (Å²) in [5, 5.41) is 26.4. The van der Waals surface area contributed by atoms with E-state index in [1.165, 1.54) is 80.9 Å². The van der Waals surface area contributed by atoms with Crippen LogP contribution in [0.5, 0.6) is 0 Å². The van der Waals surface area contributed by atoms with E-state index in [-0.39, 0.29) is 65.8 Å². The van der Waals surface area contributed by atoms with Crippen LogP contribution in [0.3, 0.4) is 0 Å². The van der Waals surface area contributed by atoms with Crippen molar-refractivity contribution in [2.45, 2.75) is 13.8 Å². The van der Waals surface area contributed by atoms with Gasteiger partial charge in [0, 0.05) is 13.8 Å². The maximum absolute atomic E-state index is 8.49. The molecule has 0 amide bonds. The number of nitrogens with zero attached hydrogens (tertiary/aromatic N) is 2. The van der Waals surface area contributed by atoms with E-state index in [0.717, 1.165) is 0 Å². The fourth-order valence-corrected chi connectivity index (χ4v) is 17.6. The molecule has 0 unspecified atom stereocenters. The molecule has 0 aliphatic rings. The summed E-state index contributed by atoms with van der Waals surface area (Å²) >= 11 is 0. The molecule has 0 aromatic heterocycles. The van der Waals surface area contributed by atoms with Crippen molar-refractivity contribution in [2.24, 2.45) is 0 Å². The molecular weight excluding hydrogens is 1050 g/mol. The third-order valence-corrected chi connectivity index (χ3v) is 20.4. The molecule has 0 aliphatic heterocycles. The van der Waals surface area contributed by atoms with Gasteiger partial charge in [0.05, 0.1) is 12.1 Å². The zero-order valence-corrected chi connectivity index (χ0v) is 44.4. The van der Waals surface area contributed by atoms with Gasteiger partial charge in [-0.3, -0.25) is 0 Å². The van der Waals surface area contributed by atoms with Gasteiger partial charge in [-0.1, -0.05) is 243 Å². The van der Waals surface area contributed by atoms with Gasteiger partial charge in [0.1, 0.15) is 0 Å². The fourth-order valence-electron chi connectivity index (χ4n) is 6.89. The van der Waals surface area contributed by atoms with Crippen molar-refractivity contribution in [1.29, 1.82) is 10.5 Å². The number of hydrogen-bond donors (Lipinski definition) is 0. The average Bonchev–Trinajstić information content (AvgIpc) is 3.37. The Morgan fingerprint density at radius 2 is 0.377 bits per heavy atom. The van der Waals surface area contributed by atoms with Crippen molar-refractivity contribution < 1.29 is 63.0 Å². The first-order valence-electron chi connectivity index (χ1n) is 21.4. The van der Waals surface area contributed by atoms with Crippen LogP contribution in [0.25, 0.3) is 0 Å².